The van der Waals surface area contributed by atoms with Gasteiger partial charge in [-0.05, 0) is 42.8 Å². The van der Waals surface area contributed by atoms with Crippen molar-refractivity contribution in [1.82, 2.24) is 0 Å². The smallest absolute Gasteiger partial charge is 0.193 e. The Balaban J connectivity index is 1.66. The molecule has 6 heteroatoms. The number of guanidine groups is 1. The van der Waals surface area contributed by atoms with Gasteiger partial charge in [0.25, 0.3) is 0 Å². The highest BCUT2D eigenvalue weighted by Gasteiger charge is 2.41. The average molecular weight is 334 g/mol. The van der Waals surface area contributed by atoms with E-state index in [4.69, 9.17) is 22.1 Å². The van der Waals surface area contributed by atoms with Gasteiger partial charge >= 0.3 is 0 Å². The third kappa shape index (κ3) is 3.56. The molecule has 4 nitrogen and oxygen atoms in total. The van der Waals surface area contributed by atoms with Crippen LogP contribution in [0, 0.1) is 5.82 Å². The molecule has 0 radical (unpaired) electrons. The van der Waals surface area contributed by atoms with Crippen LogP contribution in [0.4, 0.5) is 10.1 Å². The van der Waals surface area contributed by atoms with Gasteiger partial charge in [-0.15, -0.1) is 0 Å². The predicted octanol–water partition coefficient (Wildman–Crippen LogP) is 3.77. The molecule has 2 atom stereocenters. The molecule has 2 aromatic carbocycles. The Morgan fingerprint density at radius 2 is 2.04 bits per heavy atom. The van der Waals surface area contributed by atoms with Crippen molar-refractivity contribution < 1.29 is 9.13 Å². The highest BCUT2D eigenvalue weighted by Crippen LogP contribution is 2.47. The summed E-state index contributed by atoms with van der Waals surface area (Å²) in [6, 6.07) is 12.0. The highest BCUT2D eigenvalue weighted by molar-refractivity contribution is 6.31. The number of hydrogen-bond donors (Lipinski definition) is 2. The molecule has 23 heavy (non-hydrogen) atoms. The second kappa shape index (κ2) is 6.46. The number of halogens is 2. The van der Waals surface area contributed by atoms with Gasteiger partial charge in [0.05, 0.1) is 13.2 Å². The lowest BCUT2D eigenvalue weighted by Gasteiger charge is -2.07. The highest BCUT2D eigenvalue weighted by atomic mass is 35.5. The summed E-state index contributed by atoms with van der Waals surface area (Å²) in [5, 5.41) is 3.45. The molecule has 1 aliphatic carbocycles. The van der Waals surface area contributed by atoms with Gasteiger partial charge in [-0.2, -0.15) is 0 Å². The molecule has 0 heterocycles. The van der Waals surface area contributed by atoms with Crippen molar-refractivity contribution in [3.05, 3.63) is 58.9 Å². The van der Waals surface area contributed by atoms with Gasteiger partial charge in [0.1, 0.15) is 11.6 Å². The number of nitrogens with one attached hydrogen (secondary N) is 1. The fraction of sp³-hybridized carbons (Fsp3) is 0.235. The van der Waals surface area contributed by atoms with E-state index in [2.05, 4.69) is 10.3 Å². The minimum Gasteiger partial charge on any atom is -0.497 e. The normalized spacial score (nSPS) is 20.2. The van der Waals surface area contributed by atoms with Crippen LogP contribution < -0.4 is 15.8 Å². The van der Waals surface area contributed by atoms with Crippen molar-refractivity contribution >= 4 is 23.2 Å². The monoisotopic (exact) mass is 333 g/mol. The Labute approximate surface area is 139 Å². The van der Waals surface area contributed by atoms with E-state index in [9.17, 15) is 4.39 Å². The summed E-state index contributed by atoms with van der Waals surface area (Å²) in [5.74, 6) is 0.763. The molecule has 2 unspecified atom stereocenters. The van der Waals surface area contributed by atoms with Crippen molar-refractivity contribution in [2.45, 2.75) is 18.4 Å². The van der Waals surface area contributed by atoms with Crippen LogP contribution in [0.5, 0.6) is 5.75 Å². The fourth-order valence-electron chi connectivity index (χ4n) is 2.53. The maximum atomic E-state index is 13.9. The van der Waals surface area contributed by atoms with E-state index in [1.807, 2.05) is 24.3 Å². The standard InChI is InChI=1S/C17H17ClFN3O/c1-23-11-7-5-10(6-8-11)21-17(20)22-15-9-12(15)16-13(18)3-2-4-14(16)19/h2-8,12,15H,9H2,1H3,(H3,20,21,22). The first-order chi connectivity index (χ1) is 11.1. The van der Waals surface area contributed by atoms with E-state index in [1.54, 1.807) is 19.2 Å². The molecule has 0 saturated heterocycles. The molecule has 2 aromatic rings. The molecule has 0 amide bonds. The van der Waals surface area contributed by atoms with E-state index in [-0.39, 0.29) is 17.8 Å². The maximum Gasteiger partial charge on any atom is 0.193 e. The number of benzene rings is 2. The van der Waals surface area contributed by atoms with Gasteiger partial charge in [0, 0.05) is 22.2 Å². The first-order valence-corrected chi connectivity index (χ1v) is 7.64. The molecule has 0 spiro atoms. The van der Waals surface area contributed by atoms with Gasteiger partial charge in [0.15, 0.2) is 5.96 Å². The molecule has 1 saturated carbocycles. The summed E-state index contributed by atoms with van der Waals surface area (Å²) in [6.45, 7) is 0. The number of hydrogen-bond acceptors (Lipinski definition) is 2. The lowest BCUT2D eigenvalue weighted by molar-refractivity contribution is 0.415. The largest absolute Gasteiger partial charge is 0.497 e. The molecular weight excluding hydrogens is 317 g/mol. The zero-order chi connectivity index (χ0) is 16.4. The Morgan fingerprint density at radius 3 is 2.70 bits per heavy atom. The van der Waals surface area contributed by atoms with Crippen LogP contribution in [0.2, 0.25) is 5.02 Å². The van der Waals surface area contributed by atoms with Crippen LogP contribution in [-0.4, -0.2) is 19.1 Å². The number of methoxy groups -OCH3 is 1. The molecule has 0 aromatic heterocycles. The summed E-state index contributed by atoms with van der Waals surface area (Å²) in [6.07, 6.45) is 0.742. The molecule has 0 aliphatic heterocycles. The third-order valence-corrected chi connectivity index (χ3v) is 4.12. The van der Waals surface area contributed by atoms with Crippen LogP contribution in [0.25, 0.3) is 0 Å². The molecule has 1 aliphatic rings. The van der Waals surface area contributed by atoms with Crippen molar-refractivity contribution in [3.8, 4) is 5.75 Å². The Morgan fingerprint density at radius 1 is 1.30 bits per heavy atom. The number of nitrogens with two attached hydrogens (primary N) is 1. The molecule has 120 valence electrons. The van der Waals surface area contributed by atoms with Gasteiger partial charge in [-0.25, -0.2) is 9.38 Å². The summed E-state index contributed by atoms with van der Waals surface area (Å²) >= 11 is 6.08. The Hall–Kier alpha value is -2.27. The molecule has 3 rings (SSSR count). The Kier molecular flexibility index (Phi) is 4.39. The number of ether oxygens (including phenoxy) is 1. The minimum atomic E-state index is -0.290. The van der Waals surface area contributed by atoms with E-state index in [1.165, 1.54) is 6.07 Å². The third-order valence-electron chi connectivity index (χ3n) is 3.79. The van der Waals surface area contributed by atoms with Crippen molar-refractivity contribution in [2.24, 2.45) is 10.7 Å². The number of aliphatic imine (C=N–C) groups is 1. The van der Waals surface area contributed by atoms with Crippen molar-refractivity contribution in [2.75, 3.05) is 12.4 Å². The number of anilines is 1. The zero-order valence-corrected chi connectivity index (χ0v) is 13.3. The van der Waals surface area contributed by atoms with E-state index in [0.29, 0.717) is 16.5 Å². The van der Waals surface area contributed by atoms with E-state index >= 15 is 0 Å². The maximum absolute atomic E-state index is 13.9. The van der Waals surface area contributed by atoms with Crippen LogP contribution in [0.15, 0.2) is 47.5 Å². The van der Waals surface area contributed by atoms with Gasteiger partial charge in [-0.1, -0.05) is 17.7 Å². The lowest BCUT2D eigenvalue weighted by Crippen LogP contribution is -2.23. The molecule has 1 fully saturated rings. The summed E-state index contributed by atoms with van der Waals surface area (Å²) in [7, 11) is 1.61. The second-order valence-corrected chi connectivity index (χ2v) is 5.82. The topological polar surface area (TPSA) is 59.6 Å². The van der Waals surface area contributed by atoms with Crippen LogP contribution >= 0.6 is 11.6 Å². The average Bonchev–Trinajstić information content (AvgIpc) is 3.26. The predicted molar refractivity (Wildman–Crippen MR) is 90.8 cm³/mol. The van der Waals surface area contributed by atoms with Crippen LogP contribution in [0.3, 0.4) is 0 Å². The number of nitrogens with zero attached hydrogens (tertiary/aromatic N) is 1. The first-order valence-electron chi connectivity index (χ1n) is 7.26. The van der Waals surface area contributed by atoms with Crippen molar-refractivity contribution in [1.29, 1.82) is 0 Å². The summed E-state index contributed by atoms with van der Waals surface area (Å²) in [4.78, 5) is 4.39. The van der Waals surface area contributed by atoms with Crippen LogP contribution in [0.1, 0.15) is 17.9 Å². The quantitative estimate of drug-likeness (QED) is 0.661. The lowest BCUT2D eigenvalue weighted by atomic mass is 10.1. The van der Waals surface area contributed by atoms with Crippen LogP contribution in [-0.2, 0) is 0 Å². The fourth-order valence-corrected chi connectivity index (χ4v) is 2.84. The van der Waals surface area contributed by atoms with Gasteiger partial charge < -0.3 is 15.8 Å². The molecule has 3 N–H and O–H groups in total. The van der Waals surface area contributed by atoms with Crippen molar-refractivity contribution in [3.63, 3.8) is 0 Å². The number of rotatable bonds is 4. The molecular formula is C17H17ClFN3O. The second-order valence-electron chi connectivity index (χ2n) is 5.41. The van der Waals surface area contributed by atoms with Gasteiger partial charge in [-0.3, -0.25) is 0 Å². The minimum absolute atomic E-state index is 0.0140. The molecule has 0 bridgehead atoms. The van der Waals surface area contributed by atoms with E-state index in [0.717, 1.165) is 17.9 Å². The SMILES string of the molecule is COc1ccc(NC(N)=NC2CC2c2c(F)cccc2Cl)cc1. The zero-order valence-electron chi connectivity index (χ0n) is 12.6. The summed E-state index contributed by atoms with van der Waals surface area (Å²) in [5.41, 5.74) is 7.26. The first kappa shape index (κ1) is 15.6. The summed E-state index contributed by atoms with van der Waals surface area (Å²) < 4.78 is 19.0. The van der Waals surface area contributed by atoms with Gasteiger partial charge in [0.2, 0.25) is 0 Å². The van der Waals surface area contributed by atoms with E-state index < -0.39 is 0 Å². The Bertz CT molecular complexity index is 713.